The van der Waals surface area contributed by atoms with Crippen molar-refractivity contribution in [2.75, 3.05) is 11.4 Å². The fourth-order valence-electron chi connectivity index (χ4n) is 1.49. The van der Waals surface area contributed by atoms with Crippen molar-refractivity contribution in [3.8, 4) is 0 Å². The topological polar surface area (TPSA) is 58.4 Å². The standard InChI is InChI=1S/C8H11N3O2/c1-10-4-6(3-9-10)11-5-7(12)2-8(11)13/h3-4,7,12H,2,5H2,1H3. The van der Waals surface area contributed by atoms with E-state index in [0.717, 1.165) is 5.69 Å². The summed E-state index contributed by atoms with van der Waals surface area (Å²) in [5.74, 6) is -0.0412. The fourth-order valence-corrected chi connectivity index (χ4v) is 1.49. The van der Waals surface area contributed by atoms with Crippen molar-refractivity contribution >= 4 is 11.6 Å². The normalized spacial score (nSPS) is 22.8. The van der Waals surface area contributed by atoms with E-state index in [1.165, 1.54) is 0 Å². The van der Waals surface area contributed by atoms with Crippen LogP contribution in [-0.4, -0.2) is 33.4 Å². The first kappa shape index (κ1) is 8.25. The van der Waals surface area contributed by atoms with Crippen LogP contribution in [0.4, 0.5) is 5.69 Å². The van der Waals surface area contributed by atoms with E-state index < -0.39 is 6.10 Å². The number of carbonyl (C=O) groups is 1. The first-order valence-corrected chi connectivity index (χ1v) is 4.14. The molecule has 13 heavy (non-hydrogen) atoms. The first-order valence-electron chi connectivity index (χ1n) is 4.14. The average molecular weight is 181 g/mol. The van der Waals surface area contributed by atoms with E-state index in [2.05, 4.69) is 5.10 Å². The Morgan fingerprint density at radius 3 is 2.92 bits per heavy atom. The molecule has 2 rings (SSSR count). The van der Waals surface area contributed by atoms with E-state index in [1.807, 2.05) is 0 Å². The number of nitrogens with zero attached hydrogens (tertiary/aromatic N) is 3. The lowest BCUT2D eigenvalue weighted by Crippen LogP contribution is -2.24. The molecule has 1 aliphatic rings. The van der Waals surface area contributed by atoms with E-state index in [4.69, 9.17) is 0 Å². The maximum atomic E-state index is 11.3. The zero-order valence-electron chi connectivity index (χ0n) is 7.34. The molecule has 0 bridgehead atoms. The van der Waals surface area contributed by atoms with E-state index in [0.29, 0.717) is 6.54 Å². The van der Waals surface area contributed by atoms with Gasteiger partial charge in [-0.05, 0) is 0 Å². The lowest BCUT2D eigenvalue weighted by atomic mass is 10.3. The van der Waals surface area contributed by atoms with Crippen molar-refractivity contribution in [2.24, 2.45) is 7.05 Å². The van der Waals surface area contributed by atoms with Crippen LogP contribution in [0, 0.1) is 0 Å². The molecule has 5 nitrogen and oxygen atoms in total. The molecular weight excluding hydrogens is 170 g/mol. The van der Waals surface area contributed by atoms with Crippen LogP contribution in [0.25, 0.3) is 0 Å². The molecule has 0 aromatic carbocycles. The molecule has 0 saturated carbocycles. The lowest BCUT2D eigenvalue weighted by Gasteiger charge is -2.11. The van der Waals surface area contributed by atoms with Gasteiger partial charge in [-0.2, -0.15) is 5.10 Å². The number of aromatic nitrogens is 2. The monoisotopic (exact) mass is 181 g/mol. The second-order valence-electron chi connectivity index (χ2n) is 3.23. The third-order valence-corrected chi connectivity index (χ3v) is 2.11. The second-order valence-corrected chi connectivity index (χ2v) is 3.23. The van der Waals surface area contributed by atoms with E-state index in [9.17, 15) is 9.90 Å². The molecular formula is C8H11N3O2. The van der Waals surface area contributed by atoms with Crippen LogP contribution < -0.4 is 4.90 Å². The summed E-state index contributed by atoms with van der Waals surface area (Å²) in [4.78, 5) is 12.9. The third kappa shape index (κ3) is 1.42. The van der Waals surface area contributed by atoms with Gasteiger partial charge in [0, 0.05) is 13.2 Å². The Bertz CT molecular complexity index is 334. The Labute approximate surface area is 75.6 Å². The quantitative estimate of drug-likeness (QED) is 0.636. The SMILES string of the molecule is Cn1cc(N2CC(O)CC2=O)cn1. The van der Waals surface area contributed by atoms with Crippen molar-refractivity contribution < 1.29 is 9.90 Å². The summed E-state index contributed by atoms with van der Waals surface area (Å²) < 4.78 is 1.63. The fraction of sp³-hybridized carbons (Fsp3) is 0.500. The number of rotatable bonds is 1. The number of β-amino-alcohol motifs (C(OH)–C–C–N with tert-alkyl or cyclic N) is 1. The second kappa shape index (κ2) is 2.85. The zero-order chi connectivity index (χ0) is 9.42. The molecule has 1 fully saturated rings. The predicted octanol–water partition coefficient (Wildman–Crippen LogP) is -0.482. The first-order chi connectivity index (χ1) is 6.16. The van der Waals surface area contributed by atoms with Crippen LogP contribution in [0.5, 0.6) is 0 Å². The van der Waals surface area contributed by atoms with Gasteiger partial charge in [0.15, 0.2) is 0 Å². The summed E-state index contributed by atoms with van der Waals surface area (Å²) >= 11 is 0. The van der Waals surface area contributed by atoms with Crippen LogP contribution >= 0.6 is 0 Å². The number of amides is 1. The summed E-state index contributed by atoms with van der Waals surface area (Å²) in [5, 5.41) is 13.2. The highest BCUT2D eigenvalue weighted by atomic mass is 16.3. The average Bonchev–Trinajstić information content (AvgIpc) is 2.58. The van der Waals surface area contributed by atoms with Crippen molar-refractivity contribution in [2.45, 2.75) is 12.5 Å². The van der Waals surface area contributed by atoms with Crippen LogP contribution in [0.15, 0.2) is 12.4 Å². The van der Waals surface area contributed by atoms with Crippen molar-refractivity contribution in [3.05, 3.63) is 12.4 Å². The largest absolute Gasteiger partial charge is 0.391 e. The summed E-state index contributed by atoms with van der Waals surface area (Å²) in [6.45, 7) is 0.379. The number of hydrogen-bond acceptors (Lipinski definition) is 3. The minimum absolute atomic E-state index is 0.0412. The van der Waals surface area contributed by atoms with Crippen molar-refractivity contribution in [3.63, 3.8) is 0 Å². The van der Waals surface area contributed by atoms with E-state index >= 15 is 0 Å². The highest BCUT2D eigenvalue weighted by Gasteiger charge is 2.29. The molecule has 0 aliphatic carbocycles. The van der Waals surface area contributed by atoms with Gasteiger partial charge >= 0.3 is 0 Å². The van der Waals surface area contributed by atoms with Crippen LogP contribution in [-0.2, 0) is 11.8 Å². The number of aryl methyl sites for hydroxylation is 1. The number of hydrogen-bond donors (Lipinski definition) is 1. The minimum atomic E-state index is -0.535. The molecule has 1 N–H and O–H groups in total. The molecule has 1 atom stereocenters. The van der Waals surface area contributed by atoms with Crippen molar-refractivity contribution in [1.82, 2.24) is 9.78 Å². The van der Waals surface area contributed by atoms with Gasteiger partial charge in [0.1, 0.15) is 0 Å². The molecule has 1 saturated heterocycles. The predicted molar refractivity (Wildman–Crippen MR) is 46.2 cm³/mol. The Hall–Kier alpha value is -1.36. The van der Waals surface area contributed by atoms with Gasteiger partial charge in [0.25, 0.3) is 0 Å². The number of aliphatic hydroxyl groups excluding tert-OH is 1. The van der Waals surface area contributed by atoms with E-state index in [1.54, 1.807) is 29.0 Å². The van der Waals surface area contributed by atoms with Gasteiger partial charge in [0.05, 0.1) is 31.0 Å². The molecule has 70 valence electrons. The molecule has 2 heterocycles. The minimum Gasteiger partial charge on any atom is -0.391 e. The molecule has 0 spiro atoms. The van der Waals surface area contributed by atoms with Crippen LogP contribution in [0.2, 0.25) is 0 Å². The molecule has 1 aromatic heterocycles. The van der Waals surface area contributed by atoms with Crippen LogP contribution in [0.1, 0.15) is 6.42 Å². The highest BCUT2D eigenvalue weighted by molar-refractivity contribution is 5.95. The summed E-state index contributed by atoms with van der Waals surface area (Å²) in [6, 6.07) is 0. The Morgan fingerprint density at radius 2 is 2.46 bits per heavy atom. The molecule has 5 heteroatoms. The van der Waals surface area contributed by atoms with Gasteiger partial charge in [-0.1, -0.05) is 0 Å². The van der Waals surface area contributed by atoms with Gasteiger partial charge < -0.3 is 10.0 Å². The number of carbonyl (C=O) groups excluding carboxylic acids is 1. The van der Waals surface area contributed by atoms with Gasteiger partial charge in [-0.25, -0.2) is 0 Å². The highest BCUT2D eigenvalue weighted by Crippen LogP contribution is 2.20. The Kier molecular flexibility index (Phi) is 1.81. The molecule has 1 aromatic rings. The summed E-state index contributed by atoms with van der Waals surface area (Å²) in [7, 11) is 1.79. The smallest absolute Gasteiger partial charge is 0.229 e. The lowest BCUT2D eigenvalue weighted by molar-refractivity contribution is -0.117. The Balaban J connectivity index is 2.22. The van der Waals surface area contributed by atoms with E-state index in [-0.39, 0.29) is 12.3 Å². The number of aliphatic hydroxyl groups is 1. The van der Waals surface area contributed by atoms with Gasteiger partial charge in [-0.3, -0.25) is 9.48 Å². The zero-order valence-corrected chi connectivity index (χ0v) is 7.34. The van der Waals surface area contributed by atoms with Crippen LogP contribution in [0.3, 0.4) is 0 Å². The maximum absolute atomic E-state index is 11.3. The van der Waals surface area contributed by atoms with Gasteiger partial charge in [0.2, 0.25) is 5.91 Å². The molecule has 1 aliphatic heterocycles. The third-order valence-electron chi connectivity index (χ3n) is 2.11. The Morgan fingerprint density at radius 1 is 1.69 bits per heavy atom. The summed E-state index contributed by atoms with van der Waals surface area (Å²) in [5.41, 5.74) is 0.754. The number of anilines is 1. The molecule has 1 amide bonds. The molecule has 1 unspecified atom stereocenters. The van der Waals surface area contributed by atoms with Crippen molar-refractivity contribution in [1.29, 1.82) is 0 Å². The molecule has 0 radical (unpaired) electrons. The van der Waals surface area contributed by atoms with Gasteiger partial charge in [-0.15, -0.1) is 0 Å². The summed E-state index contributed by atoms with van der Waals surface area (Å²) in [6.07, 6.45) is 3.06. The maximum Gasteiger partial charge on any atom is 0.229 e.